The predicted molar refractivity (Wildman–Crippen MR) is 92.0 cm³/mol. The molecule has 3 heterocycles. The van der Waals surface area contributed by atoms with Crippen molar-refractivity contribution in [3.05, 3.63) is 22.3 Å². The van der Waals surface area contributed by atoms with E-state index in [9.17, 15) is 9.59 Å². The van der Waals surface area contributed by atoms with Crippen LogP contribution in [0, 0.1) is 10.8 Å². The summed E-state index contributed by atoms with van der Waals surface area (Å²) in [5.74, 6) is 0.869. The Morgan fingerprint density at radius 3 is 2.61 bits per heavy atom. The second-order valence-electron chi connectivity index (χ2n) is 7.61. The molecule has 1 saturated heterocycles. The maximum atomic E-state index is 12.6. The molecule has 0 radical (unpaired) electrons. The Hall–Kier alpha value is -1.43. The number of hydrogen-bond acceptors (Lipinski definition) is 3. The Morgan fingerprint density at radius 1 is 1.35 bits per heavy atom. The summed E-state index contributed by atoms with van der Waals surface area (Å²) < 4.78 is 0.919. The molecule has 2 amide bonds. The van der Waals surface area contributed by atoms with Gasteiger partial charge in [-0.05, 0) is 46.8 Å². The Balaban J connectivity index is 1.78. The first-order valence-corrected chi connectivity index (χ1v) is 8.76. The quantitative estimate of drug-likeness (QED) is 0.753. The Bertz CT molecular complexity index is 658. The van der Waals surface area contributed by atoms with Gasteiger partial charge in [0.2, 0.25) is 11.8 Å². The zero-order valence-electron chi connectivity index (χ0n) is 13.8. The highest BCUT2D eigenvalue weighted by atomic mass is 79.9. The van der Waals surface area contributed by atoms with Gasteiger partial charge in [-0.1, -0.05) is 20.8 Å². The summed E-state index contributed by atoms with van der Waals surface area (Å²) in [6, 6.07) is 2.02. The van der Waals surface area contributed by atoms with Crippen LogP contribution >= 0.6 is 15.9 Å². The number of anilines is 1. The van der Waals surface area contributed by atoms with Crippen molar-refractivity contribution in [2.24, 2.45) is 10.8 Å². The van der Waals surface area contributed by atoms with Gasteiger partial charge in [-0.15, -0.1) is 0 Å². The van der Waals surface area contributed by atoms with Gasteiger partial charge >= 0.3 is 0 Å². The third-order valence-electron chi connectivity index (χ3n) is 4.83. The van der Waals surface area contributed by atoms with Crippen molar-refractivity contribution < 1.29 is 9.59 Å². The minimum atomic E-state index is -0.413. The molecular formula is C17H22BrN3O2. The first-order valence-electron chi connectivity index (χ1n) is 7.97. The summed E-state index contributed by atoms with van der Waals surface area (Å²) in [6.07, 6.45) is 3.79. The van der Waals surface area contributed by atoms with Crippen LogP contribution in [0.3, 0.4) is 0 Å². The highest BCUT2D eigenvalue weighted by Crippen LogP contribution is 2.42. The number of piperidine rings is 1. The SMILES string of the molecule is CC(C)(C)C(=O)N1CCC2(CC1)Cc1cc(Br)cnc1NC2=O. The van der Waals surface area contributed by atoms with Crippen LogP contribution < -0.4 is 5.32 Å². The van der Waals surface area contributed by atoms with E-state index in [-0.39, 0.29) is 17.2 Å². The first-order chi connectivity index (χ1) is 10.7. The molecule has 2 aliphatic heterocycles. The van der Waals surface area contributed by atoms with Crippen LogP contribution in [0.15, 0.2) is 16.7 Å². The standard InChI is InChI=1S/C17H22BrN3O2/c1-16(2,3)15(23)21-6-4-17(5-7-21)9-11-8-12(18)10-19-13(11)20-14(17)22/h8,10H,4-7,9H2,1-3H3,(H,19,20,22). The fourth-order valence-corrected chi connectivity index (χ4v) is 3.81. The number of halogens is 1. The van der Waals surface area contributed by atoms with Gasteiger partial charge in [-0.2, -0.15) is 0 Å². The smallest absolute Gasteiger partial charge is 0.232 e. The van der Waals surface area contributed by atoms with Crippen molar-refractivity contribution in [2.45, 2.75) is 40.0 Å². The Kier molecular flexibility index (Phi) is 3.99. The van der Waals surface area contributed by atoms with Crippen LogP contribution in [0.4, 0.5) is 5.82 Å². The van der Waals surface area contributed by atoms with Crippen LogP contribution in [-0.4, -0.2) is 34.8 Å². The van der Waals surface area contributed by atoms with Gasteiger partial charge in [-0.25, -0.2) is 4.98 Å². The minimum Gasteiger partial charge on any atom is -0.342 e. The number of aromatic nitrogens is 1. The lowest BCUT2D eigenvalue weighted by Gasteiger charge is -2.44. The fourth-order valence-electron chi connectivity index (χ4n) is 3.43. The Labute approximate surface area is 145 Å². The summed E-state index contributed by atoms with van der Waals surface area (Å²) in [4.78, 5) is 31.2. The van der Waals surface area contributed by atoms with Crippen LogP contribution in [0.5, 0.6) is 0 Å². The number of nitrogens with zero attached hydrogens (tertiary/aromatic N) is 2. The van der Waals surface area contributed by atoms with Gasteiger partial charge in [-0.3, -0.25) is 9.59 Å². The monoisotopic (exact) mass is 379 g/mol. The van der Waals surface area contributed by atoms with Crippen molar-refractivity contribution >= 4 is 33.6 Å². The predicted octanol–water partition coefficient (Wildman–Crippen LogP) is 2.99. The van der Waals surface area contributed by atoms with Gasteiger partial charge in [0.15, 0.2) is 0 Å². The molecule has 1 fully saturated rings. The van der Waals surface area contributed by atoms with Crippen molar-refractivity contribution in [1.29, 1.82) is 0 Å². The molecule has 1 N–H and O–H groups in total. The van der Waals surface area contributed by atoms with Crippen LogP contribution in [0.2, 0.25) is 0 Å². The van der Waals surface area contributed by atoms with E-state index in [1.54, 1.807) is 6.20 Å². The molecule has 5 nitrogen and oxygen atoms in total. The number of carbonyl (C=O) groups is 2. The molecule has 0 atom stereocenters. The zero-order chi connectivity index (χ0) is 16.8. The van der Waals surface area contributed by atoms with Gasteiger partial charge in [0.1, 0.15) is 5.82 Å². The molecule has 124 valence electrons. The Morgan fingerprint density at radius 2 is 2.00 bits per heavy atom. The lowest BCUT2D eigenvalue weighted by atomic mass is 9.71. The van der Waals surface area contributed by atoms with Crippen LogP contribution in [0.1, 0.15) is 39.2 Å². The first kappa shape index (κ1) is 16.4. The number of hydrogen-bond donors (Lipinski definition) is 1. The molecule has 0 unspecified atom stereocenters. The van der Waals surface area contributed by atoms with Gasteiger partial charge in [0.25, 0.3) is 0 Å². The summed E-state index contributed by atoms with van der Waals surface area (Å²) in [7, 11) is 0. The van der Waals surface area contributed by atoms with E-state index < -0.39 is 5.41 Å². The van der Waals surface area contributed by atoms with E-state index in [0.717, 1.165) is 10.0 Å². The van der Waals surface area contributed by atoms with Crippen molar-refractivity contribution in [3.63, 3.8) is 0 Å². The average Bonchev–Trinajstić information content (AvgIpc) is 2.48. The summed E-state index contributed by atoms with van der Waals surface area (Å²) in [5.41, 5.74) is 0.278. The van der Waals surface area contributed by atoms with Crippen molar-refractivity contribution in [3.8, 4) is 0 Å². The van der Waals surface area contributed by atoms with Crippen molar-refractivity contribution in [1.82, 2.24) is 9.88 Å². The molecule has 0 aliphatic carbocycles. The molecule has 1 aromatic rings. The van der Waals surface area contributed by atoms with E-state index >= 15 is 0 Å². The minimum absolute atomic E-state index is 0.0441. The lowest BCUT2D eigenvalue weighted by molar-refractivity contribution is -0.144. The zero-order valence-corrected chi connectivity index (χ0v) is 15.4. The van der Waals surface area contributed by atoms with Crippen LogP contribution in [0.25, 0.3) is 0 Å². The van der Waals surface area contributed by atoms with Crippen molar-refractivity contribution in [2.75, 3.05) is 18.4 Å². The van der Waals surface area contributed by atoms with E-state index in [2.05, 4.69) is 26.2 Å². The molecule has 1 spiro atoms. The molecule has 0 aromatic carbocycles. The number of carbonyl (C=O) groups excluding carboxylic acids is 2. The normalized spacial score (nSPS) is 20.2. The third kappa shape index (κ3) is 3.01. The molecule has 23 heavy (non-hydrogen) atoms. The van der Waals surface area contributed by atoms with E-state index in [0.29, 0.717) is 38.2 Å². The highest BCUT2D eigenvalue weighted by molar-refractivity contribution is 9.10. The highest BCUT2D eigenvalue weighted by Gasteiger charge is 2.46. The topological polar surface area (TPSA) is 62.3 Å². The maximum Gasteiger partial charge on any atom is 0.232 e. The lowest BCUT2D eigenvalue weighted by Crippen LogP contribution is -2.52. The molecule has 2 aliphatic rings. The summed E-state index contributed by atoms with van der Waals surface area (Å²) >= 11 is 3.44. The molecular weight excluding hydrogens is 358 g/mol. The number of likely N-dealkylation sites (tertiary alicyclic amines) is 1. The molecule has 1 aromatic heterocycles. The van der Waals surface area contributed by atoms with Gasteiger partial charge in [0.05, 0.1) is 5.41 Å². The summed E-state index contributed by atoms with van der Waals surface area (Å²) in [6.45, 7) is 7.09. The van der Waals surface area contributed by atoms with E-state index in [4.69, 9.17) is 0 Å². The molecule has 6 heteroatoms. The summed E-state index contributed by atoms with van der Waals surface area (Å²) in [5, 5.41) is 2.95. The average molecular weight is 380 g/mol. The van der Waals surface area contributed by atoms with Crippen LogP contribution in [-0.2, 0) is 16.0 Å². The number of pyridine rings is 1. The second-order valence-corrected chi connectivity index (χ2v) is 8.53. The number of fused-ring (bicyclic) bond motifs is 1. The third-order valence-corrected chi connectivity index (χ3v) is 5.26. The van der Waals surface area contributed by atoms with Gasteiger partial charge < -0.3 is 10.2 Å². The number of amides is 2. The fraction of sp³-hybridized carbons (Fsp3) is 0.588. The molecule has 3 rings (SSSR count). The second kappa shape index (κ2) is 5.58. The van der Waals surface area contributed by atoms with E-state index in [1.165, 1.54) is 0 Å². The molecule has 0 bridgehead atoms. The van der Waals surface area contributed by atoms with Gasteiger partial charge in [0, 0.05) is 29.2 Å². The molecule has 0 saturated carbocycles. The largest absolute Gasteiger partial charge is 0.342 e. The maximum absolute atomic E-state index is 12.6. The van der Waals surface area contributed by atoms with E-state index in [1.807, 2.05) is 31.7 Å². The number of rotatable bonds is 0. The number of nitrogens with one attached hydrogen (secondary N) is 1.